The van der Waals surface area contributed by atoms with Gasteiger partial charge in [-0.2, -0.15) is 0 Å². The van der Waals surface area contributed by atoms with Crippen LogP contribution in [0, 0.1) is 0 Å². The molecular weight excluding hydrogens is 450 g/mol. The van der Waals surface area contributed by atoms with Gasteiger partial charge in [0.2, 0.25) is 0 Å². The van der Waals surface area contributed by atoms with Gasteiger partial charge in [0.05, 0.1) is 11.1 Å². The molecule has 1 heterocycles. The second-order valence-corrected chi connectivity index (χ2v) is 9.23. The number of rotatable bonds is 3. The van der Waals surface area contributed by atoms with Crippen LogP contribution in [0.3, 0.4) is 0 Å². The second-order valence-electron chi connectivity index (χ2n) is 8.80. The fourth-order valence-electron chi connectivity index (χ4n) is 5.03. The largest absolute Gasteiger partial charge is 0.456 e. The molecule has 2 nitrogen and oxygen atoms in total. The molecule has 0 atom stereocenters. The van der Waals surface area contributed by atoms with Crippen molar-refractivity contribution in [3.8, 4) is 0 Å². The van der Waals surface area contributed by atoms with Gasteiger partial charge < -0.3 is 9.32 Å². The summed E-state index contributed by atoms with van der Waals surface area (Å²) in [4.78, 5) is 2.27. The monoisotopic (exact) mass is 469 g/mol. The Hall–Kier alpha value is -4.27. The highest BCUT2D eigenvalue weighted by atomic mass is 35.5. The number of nitrogens with zero attached hydrogens (tertiary/aromatic N) is 1. The standard InChI is InChI=1S/C32H20ClNO/c33-25-19-29(32-28-17-23-10-6-7-11-24(23)18-30(28)35-31(32)20-25)34(26-12-2-1-3-13-26)27-15-14-21-8-4-5-9-22(21)16-27/h1-20H. The van der Waals surface area contributed by atoms with Crippen LogP contribution in [-0.4, -0.2) is 0 Å². The van der Waals surface area contributed by atoms with Gasteiger partial charge in [-0.05, 0) is 64.0 Å². The second kappa shape index (κ2) is 7.90. The van der Waals surface area contributed by atoms with E-state index in [-0.39, 0.29) is 0 Å². The van der Waals surface area contributed by atoms with Crippen LogP contribution in [0.25, 0.3) is 43.5 Å². The average Bonchev–Trinajstić information content (AvgIpc) is 3.24. The third-order valence-electron chi connectivity index (χ3n) is 6.63. The Labute approximate surface area is 207 Å². The first-order valence-electron chi connectivity index (χ1n) is 11.6. The van der Waals surface area contributed by atoms with Crippen molar-refractivity contribution in [2.75, 3.05) is 4.90 Å². The number of halogens is 1. The molecule has 6 aromatic carbocycles. The van der Waals surface area contributed by atoms with Crippen LogP contribution in [0.1, 0.15) is 0 Å². The number of furan rings is 1. The van der Waals surface area contributed by atoms with Crippen molar-refractivity contribution in [1.82, 2.24) is 0 Å². The minimum Gasteiger partial charge on any atom is -0.456 e. The molecule has 3 heteroatoms. The van der Waals surface area contributed by atoms with Crippen LogP contribution < -0.4 is 4.90 Å². The molecule has 0 unspecified atom stereocenters. The Morgan fingerprint density at radius 2 is 1.17 bits per heavy atom. The predicted molar refractivity (Wildman–Crippen MR) is 148 cm³/mol. The first kappa shape index (κ1) is 20.1. The quantitative estimate of drug-likeness (QED) is 0.256. The summed E-state index contributed by atoms with van der Waals surface area (Å²) >= 11 is 6.68. The molecule has 0 saturated heterocycles. The third-order valence-corrected chi connectivity index (χ3v) is 6.85. The van der Waals surface area contributed by atoms with Gasteiger partial charge in [-0.1, -0.05) is 84.4 Å². The molecule has 7 rings (SSSR count). The lowest BCUT2D eigenvalue weighted by atomic mass is 10.0. The highest BCUT2D eigenvalue weighted by Crippen LogP contribution is 2.45. The first-order chi connectivity index (χ1) is 17.2. The topological polar surface area (TPSA) is 16.4 Å². The van der Waals surface area contributed by atoms with E-state index in [1.165, 1.54) is 16.2 Å². The van der Waals surface area contributed by atoms with Crippen LogP contribution >= 0.6 is 11.6 Å². The molecule has 0 aliphatic carbocycles. The fourth-order valence-corrected chi connectivity index (χ4v) is 5.24. The molecule has 0 bridgehead atoms. The van der Waals surface area contributed by atoms with E-state index in [2.05, 4.69) is 108 Å². The van der Waals surface area contributed by atoms with E-state index in [9.17, 15) is 0 Å². The van der Waals surface area contributed by atoms with E-state index in [4.69, 9.17) is 16.0 Å². The average molecular weight is 470 g/mol. The molecule has 0 fully saturated rings. The lowest BCUT2D eigenvalue weighted by molar-refractivity contribution is 0.669. The smallest absolute Gasteiger partial charge is 0.139 e. The lowest BCUT2D eigenvalue weighted by Crippen LogP contribution is -2.10. The first-order valence-corrected chi connectivity index (χ1v) is 12.0. The van der Waals surface area contributed by atoms with E-state index in [0.29, 0.717) is 5.02 Å². The summed E-state index contributed by atoms with van der Waals surface area (Å²) < 4.78 is 6.36. The van der Waals surface area contributed by atoms with Gasteiger partial charge in [-0.3, -0.25) is 0 Å². The zero-order valence-electron chi connectivity index (χ0n) is 18.8. The third kappa shape index (κ3) is 3.34. The van der Waals surface area contributed by atoms with Gasteiger partial charge in [0.15, 0.2) is 0 Å². The molecule has 0 radical (unpaired) electrons. The van der Waals surface area contributed by atoms with Crippen molar-refractivity contribution in [2.45, 2.75) is 0 Å². The van der Waals surface area contributed by atoms with E-state index >= 15 is 0 Å². The summed E-state index contributed by atoms with van der Waals surface area (Å²) in [6, 6.07) is 42.1. The van der Waals surface area contributed by atoms with Crippen LogP contribution in [0.2, 0.25) is 5.02 Å². The van der Waals surface area contributed by atoms with Crippen LogP contribution in [0.4, 0.5) is 17.1 Å². The molecule has 0 aliphatic heterocycles. The summed E-state index contributed by atoms with van der Waals surface area (Å²) in [6.07, 6.45) is 0. The maximum Gasteiger partial charge on any atom is 0.139 e. The Bertz CT molecular complexity index is 1870. The molecule has 0 amide bonds. The maximum atomic E-state index is 6.68. The number of benzene rings is 6. The molecule has 0 aliphatic rings. The fraction of sp³-hybridized carbons (Fsp3) is 0. The Balaban J connectivity index is 1.57. The van der Waals surface area contributed by atoms with Crippen molar-refractivity contribution >= 4 is 72.1 Å². The van der Waals surface area contributed by atoms with Gasteiger partial charge in [-0.25, -0.2) is 0 Å². The zero-order valence-corrected chi connectivity index (χ0v) is 19.5. The number of anilines is 3. The van der Waals surface area contributed by atoms with Gasteiger partial charge in [0, 0.05) is 27.8 Å². The molecule has 1 aromatic heterocycles. The number of fused-ring (bicyclic) bond motifs is 5. The molecule has 0 spiro atoms. The zero-order chi connectivity index (χ0) is 23.4. The van der Waals surface area contributed by atoms with Crippen molar-refractivity contribution in [2.24, 2.45) is 0 Å². The van der Waals surface area contributed by atoms with Gasteiger partial charge in [0.25, 0.3) is 0 Å². The van der Waals surface area contributed by atoms with Crippen LogP contribution in [-0.2, 0) is 0 Å². The molecule has 35 heavy (non-hydrogen) atoms. The predicted octanol–water partition coefficient (Wildman–Crippen LogP) is 10.0. The summed E-state index contributed by atoms with van der Waals surface area (Å²) in [5.41, 5.74) is 4.74. The van der Waals surface area contributed by atoms with Crippen molar-refractivity contribution < 1.29 is 4.42 Å². The number of para-hydroxylation sites is 1. The summed E-state index contributed by atoms with van der Waals surface area (Å²) in [5, 5.41) is 7.49. The van der Waals surface area contributed by atoms with E-state index in [1.807, 2.05) is 18.2 Å². The Morgan fingerprint density at radius 1 is 0.514 bits per heavy atom. The summed E-state index contributed by atoms with van der Waals surface area (Å²) in [6.45, 7) is 0. The lowest BCUT2D eigenvalue weighted by Gasteiger charge is -2.26. The highest BCUT2D eigenvalue weighted by Gasteiger charge is 2.21. The number of hydrogen-bond donors (Lipinski definition) is 0. The van der Waals surface area contributed by atoms with Crippen molar-refractivity contribution in [3.05, 3.63) is 126 Å². The van der Waals surface area contributed by atoms with E-state index in [0.717, 1.165) is 44.4 Å². The van der Waals surface area contributed by atoms with Gasteiger partial charge in [0.1, 0.15) is 11.2 Å². The van der Waals surface area contributed by atoms with E-state index in [1.54, 1.807) is 0 Å². The van der Waals surface area contributed by atoms with E-state index < -0.39 is 0 Å². The molecule has 0 saturated carbocycles. The highest BCUT2D eigenvalue weighted by molar-refractivity contribution is 6.32. The minimum absolute atomic E-state index is 0.637. The van der Waals surface area contributed by atoms with Crippen LogP contribution in [0.5, 0.6) is 0 Å². The SMILES string of the molecule is Clc1cc(N(c2ccccc2)c2ccc3ccccc3c2)c2c(c1)oc1cc3ccccc3cc12. The Kier molecular flexibility index (Phi) is 4.54. The summed E-state index contributed by atoms with van der Waals surface area (Å²) in [7, 11) is 0. The molecular formula is C32H20ClNO. The Morgan fingerprint density at radius 3 is 1.94 bits per heavy atom. The van der Waals surface area contributed by atoms with Crippen molar-refractivity contribution in [3.63, 3.8) is 0 Å². The molecule has 0 N–H and O–H groups in total. The summed E-state index contributed by atoms with van der Waals surface area (Å²) in [5.74, 6) is 0. The molecule has 7 aromatic rings. The number of hydrogen-bond acceptors (Lipinski definition) is 2. The van der Waals surface area contributed by atoms with Gasteiger partial charge in [-0.15, -0.1) is 0 Å². The van der Waals surface area contributed by atoms with Crippen molar-refractivity contribution in [1.29, 1.82) is 0 Å². The van der Waals surface area contributed by atoms with Crippen LogP contribution in [0.15, 0.2) is 126 Å². The normalized spacial score (nSPS) is 11.6. The minimum atomic E-state index is 0.637. The van der Waals surface area contributed by atoms with Gasteiger partial charge >= 0.3 is 0 Å². The maximum absolute atomic E-state index is 6.68. The molecule has 166 valence electrons.